The number of halogens is 2. The second-order valence-corrected chi connectivity index (χ2v) is 6.55. The van der Waals surface area contributed by atoms with Gasteiger partial charge in [0.2, 0.25) is 5.91 Å². The summed E-state index contributed by atoms with van der Waals surface area (Å²) in [4.78, 5) is 11.9. The number of thioether (sulfide) groups is 1. The van der Waals surface area contributed by atoms with Gasteiger partial charge in [-0.25, -0.2) is 4.39 Å². The zero-order valence-corrected chi connectivity index (χ0v) is 15.5. The number of amides is 1. The van der Waals surface area contributed by atoms with E-state index >= 15 is 0 Å². The summed E-state index contributed by atoms with van der Waals surface area (Å²) in [6.07, 6.45) is 0. The Hall–Kier alpha value is -1.92. The molecule has 1 amide bonds. The molecule has 0 unspecified atom stereocenters. The molecule has 0 aromatic heterocycles. The normalized spacial score (nSPS) is 10.4. The SMILES string of the molecule is COc1ccc(CNC(=O)CSCc2c(F)cccc2Cl)cc1OC. The molecule has 0 atom stereocenters. The first-order valence-electron chi connectivity index (χ1n) is 7.53. The average molecular weight is 384 g/mol. The lowest BCUT2D eigenvalue weighted by molar-refractivity contribution is -0.118. The van der Waals surface area contributed by atoms with Gasteiger partial charge >= 0.3 is 0 Å². The van der Waals surface area contributed by atoms with Crippen molar-refractivity contribution in [1.29, 1.82) is 0 Å². The molecule has 0 bridgehead atoms. The van der Waals surface area contributed by atoms with E-state index in [9.17, 15) is 9.18 Å². The Labute approximate surface area is 155 Å². The number of nitrogens with one attached hydrogen (secondary N) is 1. The average Bonchev–Trinajstić information content (AvgIpc) is 2.62. The van der Waals surface area contributed by atoms with E-state index in [4.69, 9.17) is 21.1 Å². The maximum absolute atomic E-state index is 13.7. The predicted molar refractivity (Wildman–Crippen MR) is 99.0 cm³/mol. The molecule has 7 heteroatoms. The van der Waals surface area contributed by atoms with Gasteiger partial charge < -0.3 is 14.8 Å². The van der Waals surface area contributed by atoms with Gasteiger partial charge in [-0.15, -0.1) is 11.8 Å². The van der Waals surface area contributed by atoms with E-state index in [0.717, 1.165) is 5.56 Å². The first kappa shape index (κ1) is 19.4. The summed E-state index contributed by atoms with van der Waals surface area (Å²) in [6, 6.07) is 10.0. The molecule has 0 aliphatic carbocycles. The zero-order chi connectivity index (χ0) is 18.2. The molecule has 0 heterocycles. The van der Waals surface area contributed by atoms with Crippen LogP contribution >= 0.6 is 23.4 Å². The Bertz CT molecular complexity index is 722. The quantitative estimate of drug-likeness (QED) is 0.747. The lowest BCUT2D eigenvalue weighted by Crippen LogP contribution is -2.24. The maximum atomic E-state index is 13.7. The number of benzene rings is 2. The van der Waals surface area contributed by atoms with E-state index in [1.807, 2.05) is 12.1 Å². The zero-order valence-electron chi connectivity index (χ0n) is 14.0. The topological polar surface area (TPSA) is 47.6 Å². The van der Waals surface area contributed by atoms with Gasteiger partial charge in [0.15, 0.2) is 11.5 Å². The van der Waals surface area contributed by atoms with Crippen molar-refractivity contribution in [3.05, 3.63) is 58.4 Å². The Balaban J connectivity index is 1.81. The lowest BCUT2D eigenvalue weighted by Gasteiger charge is -2.10. The molecule has 2 rings (SSSR count). The Morgan fingerprint density at radius 3 is 2.64 bits per heavy atom. The van der Waals surface area contributed by atoms with Gasteiger partial charge in [0.05, 0.1) is 20.0 Å². The van der Waals surface area contributed by atoms with Crippen molar-refractivity contribution in [2.45, 2.75) is 12.3 Å². The maximum Gasteiger partial charge on any atom is 0.230 e. The van der Waals surface area contributed by atoms with Gasteiger partial charge in [-0.3, -0.25) is 4.79 Å². The third-order valence-corrected chi connectivity index (χ3v) is 4.79. The Kier molecular flexibility index (Phi) is 7.40. The second-order valence-electron chi connectivity index (χ2n) is 5.16. The largest absolute Gasteiger partial charge is 0.493 e. The van der Waals surface area contributed by atoms with E-state index in [0.29, 0.717) is 34.4 Å². The minimum atomic E-state index is -0.356. The molecule has 0 saturated heterocycles. The van der Waals surface area contributed by atoms with E-state index in [-0.39, 0.29) is 17.5 Å². The number of carbonyl (C=O) groups excluding carboxylic acids is 1. The van der Waals surface area contributed by atoms with Crippen LogP contribution < -0.4 is 14.8 Å². The van der Waals surface area contributed by atoms with Crippen molar-refractivity contribution in [3.63, 3.8) is 0 Å². The number of ether oxygens (including phenoxy) is 2. The molecule has 0 aliphatic rings. The molecule has 0 fully saturated rings. The molecule has 1 N–H and O–H groups in total. The van der Waals surface area contributed by atoms with Gasteiger partial charge in [-0.2, -0.15) is 0 Å². The third-order valence-electron chi connectivity index (χ3n) is 3.48. The van der Waals surface area contributed by atoms with Crippen LogP contribution in [0.1, 0.15) is 11.1 Å². The van der Waals surface area contributed by atoms with Crippen LogP contribution in [0.4, 0.5) is 4.39 Å². The fourth-order valence-corrected chi connectivity index (χ4v) is 3.35. The fourth-order valence-electron chi connectivity index (χ4n) is 2.16. The van der Waals surface area contributed by atoms with Gasteiger partial charge in [0.25, 0.3) is 0 Å². The molecule has 0 aliphatic heterocycles. The molecular formula is C18H19ClFNO3S. The van der Waals surface area contributed by atoms with E-state index in [2.05, 4.69) is 5.32 Å². The van der Waals surface area contributed by atoms with Gasteiger partial charge in [0.1, 0.15) is 5.82 Å². The number of rotatable bonds is 8. The van der Waals surface area contributed by atoms with Crippen molar-refractivity contribution in [3.8, 4) is 11.5 Å². The van der Waals surface area contributed by atoms with Crippen molar-refractivity contribution >= 4 is 29.3 Å². The van der Waals surface area contributed by atoms with Crippen LogP contribution in [0.3, 0.4) is 0 Å². The second kappa shape index (κ2) is 9.53. The van der Waals surface area contributed by atoms with E-state index < -0.39 is 0 Å². The summed E-state index contributed by atoms with van der Waals surface area (Å²) in [5, 5.41) is 3.19. The monoisotopic (exact) mass is 383 g/mol. The number of carbonyl (C=O) groups is 1. The van der Waals surface area contributed by atoms with Gasteiger partial charge in [-0.1, -0.05) is 23.7 Å². The highest BCUT2D eigenvalue weighted by Gasteiger charge is 2.09. The molecule has 4 nitrogen and oxygen atoms in total. The fraction of sp³-hybridized carbons (Fsp3) is 0.278. The summed E-state index contributed by atoms with van der Waals surface area (Å²) < 4.78 is 24.1. The summed E-state index contributed by atoms with van der Waals surface area (Å²) in [7, 11) is 3.13. The van der Waals surface area contributed by atoms with Gasteiger partial charge in [-0.05, 0) is 29.8 Å². The number of methoxy groups -OCH3 is 2. The highest BCUT2D eigenvalue weighted by atomic mass is 35.5. The van der Waals surface area contributed by atoms with Crippen molar-refractivity contribution in [1.82, 2.24) is 5.32 Å². The summed E-state index contributed by atoms with van der Waals surface area (Å²) >= 11 is 7.27. The predicted octanol–water partition coefficient (Wildman–Crippen LogP) is 4.05. The van der Waals surface area contributed by atoms with Gasteiger partial charge in [0, 0.05) is 22.9 Å². The Morgan fingerprint density at radius 1 is 1.20 bits per heavy atom. The summed E-state index contributed by atoms with van der Waals surface area (Å²) in [5.41, 5.74) is 1.31. The number of hydrogen-bond donors (Lipinski definition) is 1. The van der Waals surface area contributed by atoms with Crippen molar-refractivity contribution < 1.29 is 18.7 Å². The van der Waals surface area contributed by atoms with E-state index in [1.165, 1.54) is 17.8 Å². The highest BCUT2D eigenvalue weighted by Crippen LogP contribution is 2.27. The molecular weight excluding hydrogens is 365 g/mol. The van der Waals surface area contributed by atoms with Crippen LogP contribution in [0.15, 0.2) is 36.4 Å². The van der Waals surface area contributed by atoms with Crippen molar-refractivity contribution in [2.24, 2.45) is 0 Å². The van der Waals surface area contributed by atoms with Crippen molar-refractivity contribution in [2.75, 3.05) is 20.0 Å². The van der Waals surface area contributed by atoms with Crippen LogP contribution in [0, 0.1) is 5.82 Å². The molecule has 0 spiro atoms. The molecule has 0 saturated carbocycles. The molecule has 25 heavy (non-hydrogen) atoms. The summed E-state index contributed by atoms with van der Waals surface area (Å²) in [6.45, 7) is 0.375. The minimum absolute atomic E-state index is 0.132. The standard InChI is InChI=1S/C18H19ClFNO3S/c1-23-16-7-6-12(8-17(16)24-2)9-21-18(22)11-25-10-13-14(19)4-3-5-15(13)20/h3-8H,9-11H2,1-2H3,(H,21,22). The van der Waals surface area contributed by atoms with E-state index in [1.54, 1.807) is 32.4 Å². The lowest BCUT2D eigenvalue weighted by atomic mass is 10.2. The third kappa shape index (κ3) is 5.54. The Morgan fingerprint density at radius 2 is 1.96 bits per heavy atom. The van der Waals surface area contributed by atoms with Crippen LogP contribution in [-0.2, 0) is 17.1 Å². The first-order valence-corrected chi connectivity index (χ1v) is 9.06. The van der Waals surface area contributed by atoms with Crippen LogP contribution in [0.5, 0.6) is 11.5 Å². The minimum Gasteiger partial charge on any atom is -0.493 e. The highest BCUT2D eigenvalue weighted by molar-refractivity contribution is 7.99. The van der Waals surface area contributed by atoms with Crippen LogP contribution in [0.2, 0.25) is 5.02 Å². The van der Waals surface area contributed by atoms with Crippen LogP contribution in [-0.4, -0.2) is 25.9 Å². The molecule has 0 radical (unpaired) electrons. The molecule has 2 aromatic carbocycles. The smallest absolute Gasteiger partial charge is 0.230 e. The molecule has 2 aromatic rings. The number of hydrogen-bond acceptors (Lipinski definition) is 4. The van der Waals surface area contributed by atoms with Crippen LogP contribution in [0.25, 0.3) is 0 Å². The molecule has 134 valence electrons. The summed E-state index contributed by atoms with van der Waals surface area (Å²) in [5.74, 6) is 1.32. The first-order chi connectivity index (χ1) is 12.0.